The molecule has 0 saturated heterocycles. The minimum atomic E-state index is 0.625. The van der Waals surface area contributed by atoms with Gasteiger partial charge in [0, 0.05) is 31.4 Å². The van der Waals surface area contributed by atoms with Crippen molar-refractivity contribution in [2.24, 2.45) is 0 Å². The van der Waals surface area contributed by atoms with Gasteiger partial charge in [0.15, 0.2) is 0 Å². The monoisotopic (exact) mass is 249 g/mol. The smallest absolute Gasteiger partial charge is 0.0547 e. The van der Waals surface area contributed by atoms with E-state index in [1.807, 2.05) is 13.0 Å². The molecule has 0 fully saturated rings. The van der Waals surface area contributed by atoms with Crippen LogP contribution in [0.4, 0.5) is 0 Å². The predicted molar refractivity (Wildman–Crippen MR) is 77.7 cm³/mol. The van der Waals surface area contributed by atoms with Crippen LogP contribution in [0.15, 0.2) is 18.2 Å². The summed E-state index contributed by atoms with van der Waals surface area (Å²) in [4.78, 5) is 6.84. The lowest BCUT2D eigenvalue weighted by Gasteiger charge is -2.19. The lowest BCUT2D eigenvalue weighted by molar-refractivity contribution is 0.313. The van der Waals surface area contributed by atoms with Crippen molar-refractivity contribution in [3.8, 4) is 0 Å². The van der Waals surface area contributed by atoms with E-state index in [9.17, 15) is 0 Å². The molecule has 0 aliphatic carbocycles. The lowest BCUT2D eigenvalue weighted by atomic mass is 10.2. The van der Waals surface area contributed by atoms with Crippen molar-refractivity contribution in [3.63, 3.8) is 0 Å². The highest BCUT2D eigenvalue weighted by molar-refractivity contribution is 5.09. The van der Waals surface area contributed by atoms with Gasteiger partial charge < -0.3 is 5.32 Å². The number of likely N-dealkylation sites (N-methyl/N-ethyl adjacent to an activating group) is 1. The van der Waals surface area contributed by atoms with Gasteiger partial charge in [-0.1, -0.05) is 19.4 Å². The van der Waals surface area contributed by atoms with E-state index in [0.717, 1.165) is 31.0 Å². The Morgan fingerprint density at radius 1 is 1.39 bits per heavy atom. The molecule has 0 aliphatic heterocycles. The Morgan fingerprint density at radius 3 is 2.83 bits per heavy atom. The molecule has 3 heteroatoms. The van der Waals surface area contributed by atoms with Crippen molar-refractivity contribution >= 4 is 0 Å². The third-order valence-corrected chi connectivity index (χ3v) is 3.09. The fourth-order valence-corrected chi connectivity index (χ4v) is 2.08. The Kier molecular flexibility index (Phi) is 6.91. The first-order valence-corrected chi connectivity index (χ1v) is 6.96. The number of aryl methyl sites for hydroxylation is 1. The summed E-state index contributed by atoms with van der Waals surface area (Å²) in [6.07, 6.45) is 2.50. The summed E-state index contributed by atoms with van der Waals surface area (Å²) in [6.45, 7) is 9.55. The van der Waals surface area contributed by atoms with E-state index in [-0.39, 0.29) is 0 Å². The molecule has 18 heavy (non-hydrogen) atoms. The molecule has 102 valence electrons. The fourth-order valence-electron chi connectivity index (χ4n) is 2.08. The Hall–Kier alpha value is -0.930. The summed E-state index contributed by atoms with van der Waals surface area (Å²) in [5.41, 5.74) is 2.25. The molecule has 0 aliphatic rings. The average molecular weight is 249 g/mol. The highest BCUT2D eigenvalue weighted by Crippen LogP contribution is 2.01. The van der Waals surface area contributed by atoms with Crippen LogP contribution in [-0.2, 0) is 6.54 Å². The van der Waals surface area contributed by atoms with Crippen LogP contribution in [0.25, 0.3) is 0 Å². The van der Waals surface area contributed by atoms with Gasteiger partial charge in [-0.05, 0) is 39.4 Å². The Balaban J connectivity index is 2.23. The molecule has 0 spiro atoms. The van der Waals surface area contributed by atoms with Crippen molar-refractivity contribution in [1.29, 1.82) is 0 Å². The number of hydrogen-bond donors (Lipinski definition) is 1. The molecule has 1 aromatic rings. The highest BCUT2D eigenvalue weighted by atomic mass is 15.1. The normalized spacial score (nSPS) is 12.9. The van der Waals surface area contributed by atoms with Gasteiger partial charge >= 0.3 is 0 Å². The van der Waals surface area contributed by atoms with E-state index in [2.05, 4.69) is 48.2 Å². The van der Waals surface area contributed by atoms with Crippen LogP contribution >= 0.6 is 0 Å². The Labute approximate surface area is 112 Å². The SMILES string of the molecule is CCCC(C)NCCN(C)Cc1cccc(C)n1. The second-order valence-electron chi connectivity index (χ2n) is 5.15. The fraction of sp³-hybridized carbons (Fsp3) is 0.667. The quantitative estimate of drug-likeness (QED) is 0.767. The van der Waals surface area contributed by atoms with Gasteiger partial charge in [-0.25, -0.2) is 0 Å². The highest BCUT2D eigenvalue weighted by Gasteiger charge is 2.03. The van der Waals surface area contributed by atoms with Gasteiger partial charge in [0.25, 0.3) is 0 Å². The summed E-state index contributed by atoms with van der Waals surface area (Å²) in [7, 11) is 2.15. The summed E-state index contributed by atoms with van der Waals surface area (Å²) in [5, 5.41) is 3.55. The zero-order valence-electron chi connectivity index (χ0n) is 12.2. The number of hydrogen-bond acceptors (Lipinski definition) is 3. The first kappa shape index (κ1) is 15.1. The van der Waals surface area contributed by atoms with Crippen molar-refractivity contribution in [1.82, 2.24) is 15.2 Å². The van der Waals surface area contributed by atoms with E-state index in [0.29, 0.717) is 6.04 Å². The number of nitrogens with one attached hydrogen (secondary N) is 1. The average Bonchev–Trinajstić information content (AvgIpc) is 2.29. The maximum Gasteiger partial charge on any atom is 0.0547 e. The van der Waals surface area contributed by atoms with E-state index in [1.165, 1.54) is 12.8 Å². The zero-order valence-corrected chi connectivity index (χ0v) is 12.2. The molecular formula is C15H27N3. The summed E-state index contributed by atoms with van der Waals surface area (Å²) < 4.78 is 0. The first-order valence-electron chi connectivity index (χ1n) is 6.96. The molecule has 0 amide bonds. The molecule has 0 bridgehead atoms. The van der Waals surface area contributed by atoms with Crippen LogP contribution in [0.3, 0.4) is 0 Å². The standard InChI is InChI=1S/C15H27N3/c1-5-7-13(2)16-10-11-18(4)12-15-9-6-8-14(3)17-15/h6,8-9,13,16H,5,7,10-12H2,1-4H3. The number of rotatable bonds is 8. The molecule has 0 saturated carbocycles. The number of aromatic nitrogens is 1. The van der Waals surface area contributed by atoms with E-state index in [4.69, 9.17) is 0 Å². The number of pyridine rings is 1. The van der Waals surface area contributed by atoms with Crippen LogP contribution < -0.4 is 5.32 Å². The van der Waals surface area contributed by atoms with Gasteiger partial charge in [0.2, 0.25) is 0 Å². The van der Waals surface area contributed by atoms with Crippen molar-refractivity contribution in [2.45, 2.75) is 46.2 Å². The van der Waals surface area contributed by atoms with Gasteiger partial charge in [-0.3, -0.25) is 9.88 Å². The zero-order chi connectivity index (χ0) is 13.4. The molecule has 1 heterocycles. The van der Waals surface area contributed by atoms with Gasteiger partial charge in [-0.2, -0.15) is 0 Å². The van der Waals surface area contributed by atoms with Crippen molar-refractivity contribution < 1.29 is 0 Å². The maximum absolute atomic E-state index is 4.52. The summed E-state index contributed by atoms with van der Waals surface area (Å²) >= 11 is 0. The van der Waals surface area contributed by atoms with Crippen LogP contribution in [-0.4, -0.2) is 36.1 Å². The predicted octanol–water partition coefficient (Wildman–Crippen LogP) is 2.60. The minimum absolute atomic E-state index is 0.625. The topological polar surface area (TPSA) is 28.2 Å². The van der Waals surface area contributed by atoms with Crippen LogP contribution in [0.2, 0.25) is 0 Å². The minimum Gasteiger partial charge on any atom is -0.313 e. The van der Waals surface area contributed by atoms with Crippen LogP contribution in [0.5, 0.6) is 0 Å². The molecule has 0 radical (unpaired) electrons. The largest absolute Gasteiger partial charge is 0.313 e. The van der Waals surface area contributed by atoms with Crippen molar-refractivity contribution in [2.75, 3.05) is 20.1 Å². The summed E-state index contributed by atoms with van der Waals surface area (Å²) in [5.74, 6) is 0. The molecule has 0 aromatic carbocycles. The second kappa shape index (κ2) is 8.22. The van der Waals surface area contributed by atoms with Crippen LogP contribution in [0, 0.1) is 6.92 Å². The van der Waals surface area contributed by atoms with Gasteiger partial charge in [0.1, 0.15) is 0 Å². The maximum atomic E-state index is 4.52. The summed E-state index contributed by atoms with van der Waals surface area (Å²) in [6, 6.07) is 6.83. The molecule has 1 atom stereocenters. The lowest BCUT2D eigenvalue weighted by Crippen LogP contribution is -2.34. The molecule has 1 unspecified atom stereocenters. The van der Waals surface area contributed by atoms with Gasteiger partial charge in [0.05, 0.1) is 5.69 Å². The second-order valence-corrected chi connectivity index (χ2v) is 5.15. The third kappa shape index (κ3) is 6.12. The number of nitrogens with zero attached hydrogens (tertiary/aromatic N) is 2. The Morgan fingerprint density at radius 2 is 2.17 bits per heavy atom. The van der Waals surface area contributed by atoms with E-state index < -0.39 is 0 Å². The molecular weight excluding hydrogens is 222 g/mol. The first-order chi connectivity index (χ1) is 8.61. The van der Waals surface area contributed by atoms with Crippen molar-refractivity contribution in [3.05, 3.63) is 29.6 Å². The van der Waals surface area contributed by atoms with E-state index >= 15 is 0 Å². The van der Waals surface area contributed by atoms with Crippen LogP contribution in [0.1, 0.15) is 38.1 Å². The molecule has 1 rings (SSSR count). The molecule has 1 aromatic heterocycles. The Bertz CT molecular complexity index is 338. The third-order valence-electron chi connectivity index (χ3n) is 3.09. The van der Waals surface area contributed by atoms with E-state index in [1.54, 1.807) is 0 Å². The molecule has 3 nitrogen and oxygen atoms in total. The molecule has 1 N–H and O–H groups in total. The van der Waals surface area contributed by atoms with Gasteiger partial charge in [-0.15, -0.1) is 0 Å².